The van der Waals surface area contributed by atoms with Crippen molar-refractivity contribution < 1.29 is 13.2 Å². The summed E-state index contributed by atoms with van der Waals surface area (Å²) in [6.45, 7) is 7.90. The van der Waals surface area contributed by atoms with E-state index in [0.29, 0.717) is 12.5 Å². The third-order valence-electron chi connectivity index (χ3n) is 4.97. The zero-order valence-corrected chi connectivity index (χ0v) is 18.4. The lowest BCUT2D eigenvalue weighted by molar-refractivity contribution is -0.126. The number of nitrogens with zero attached hydrogens (tertiary/aromatic N) is 2. The van der Waals surface area contributed by atoms with Crippen LogP contribution in [-0.4, -0.2) is 31.3 Å². The van der Waals surface area contributed by atoms with Crippen molar-refractivity contribution in [1.82, 2.24) is 10.6 Å². The van der Waals surface area contributed by atoms with Crippen LogP contribution < -0.4 is 10.6 Å². The minimum absolute atomic E-state index is 0. The van der Waals surface area contributed by atoms with Crippen LogP contribution in [0.25, 0.3) is 0 Å². The maximum Gasteiger partial charge on any atom is 0.401 e. The lowest BCUT2D eigenvalue weighted by Gasteiger charge is -2.23. The van der Waals surface area contributed by atoms with Crippen LogP contribution in [0.3, 0.4) is 0 Å². The van der Waals surface area contributed by atoms with Gasteiger partial charge in [0.05, 0.1) is 12.6 Å². The van der Waals surface area contributed by atoms with E-state index >= 15 is 0 Å². The average molecular weight is 435 g/mol. The summed E-state index contributed by atoms with van der Waals surface area (Å²) >= 11 is 0. The van der Waals surface area contributed by atoms with E-state index in [4.69, 9.17) is 10.5 Å². The molecule has 0 aromatic heterocycles. The maximum absolute atomic E-state index is 11.7. The highest BCUT2D eigenvalue weighted by Gasteiger charge is 2.28. The van der Waals surface area contributed by atoms with Gasteiger partial charge in [-0.15, -0.1) is 0 Å². The Morgan fingerprint density at radius 1 is 0.833 bits per heavy atom. The number of rotatable bonds is 6. The van der Waals surface area contributed by atoms with E-state index < -0.39 is 12.7 Å². The van der Waals surface area contributed by atoms with Crippen LogP contribution in [0, 0.1) is 23.2 Å². The predicted molar refractivity (Wildman–Crippen MR) is 120 cm³/mol. The third kappa shape index (κ3) is 24.7. The van der Waals surface area contributed by atoms with Crippen LogP contribution in [0.5, 0.6) is 0 Å². The van der Waals surface area contributed by atoms with Crippen molar-refractivity contribution in [2.45, 2.75) is 123 Å². The van der Waals surface area contributed by atoms with Crippen molar-refractivity contribution in [2.75, 3.05) is 13.1 Å². The second-order valence-corrected chi connectivity index (χ2v) is 7.53. The molecule has 0 bridgehead atoms. The van der Waals surface area contributed by atoms with Gasteiger partial charge in [0.2, 0.25) is 0 Å². The van der Waals surface area contributed by atoms with Crippen molar-refractivity contribution in [2.24, 2.45) is 0 Å². The summed E-state index contributed by atoms with van der Waals surface area (Å²) in [5.41, 5.74) is 0. The standard InChI is InChI=1S/C9H16N2.C8H14F3N.C4H10.CHN.CH4/c10-7-4-8-11-9-5-2-1-3-6-9;9-8(10,11)6-12-7-4-2-1-3-5-7;1-3-4-2;1-2;/h9,11H,1-6,8H2;7,12H,1-6H2;3-4H2,1-2H3;1H;1H4. The van der Waals surface area contributed by atoms with Crippen LogP contribution in [-0.2, 0) is 0 Å². The van der Waals surface area contributed by atoms with Gasteiger partial charge in [-0.1, -0.05) is 72.6 Å². The number of halogens is 3. The van der Waals surface area contributed by atoms with Crippen LogP contribution in [0.15, 0.2) is 0 Å². The summed E-state index contributed by atoms with van der Waals surface area (Å²) in [6.07, 6.45) is 11.1. The summed E-state index contributed by atoms with van der Waals surface area (Å²) in [5.74, 6) is 0. The number of alkyl halides is 3. The van der Waals surface area contributed by atoms with E-state index in [2.05, 4.69) is 37.1 Å². The van der Waals surface area contributed by atoms with Gasteiger partial charge in [-0.2, -0.15) is 18.4 Å². The monoisotopic (exact) mass is 434 g/mol. The number of nitriles is 2. The minimum atomic E-state index is -4.06. The molecular formula is C23H45F3N4. The Balaban J connectivity index is -0.000000377. The molecule has 0 heterocycles. The molecule has 0 amide bonds. The van der Waals surface area contributed by atoms with Gasteiger partial charge in [-0.25, -0.2) is 5.26 Å². The molecule has 2 aliphatic rings. The first-order valence-corrected chi connectivity index (χ1v) is 11.1. The van der Waals surface area contributed by atoms with E-state index in [1.54, 1.807) is 0 Å². The molecule has 178 valence electrons. The molecule has 2 aliphatic carbocycles. The molecule has 0 aromatic rings. The number of hydrogen-bond donors (Lipinski definition) is 2. The summed E-state index contributed by atoms with van der Waals surface area (Å²) in [4.78, 5) is 0. The molecule has 0 saturated heterocycles. The van der Waals surface area contributed by atoms with Gasteiger partial charge in [0, 0.05) is 31.6 Å². The van der Waals surface area contributed by atoms with E-state index in [1.165, 1.54) is 51.4 Å². The van der Waals surface area contributed by atoms with E-state index in [1.807, 2.05) is 0 Å². The molecule has 30 heavy (non-hydrogen) atoms. The fraction of sp³-hybridized carbons (Fsp3) is 0.913. The van der Waals surface area contributed by atoms with Crippen LogP contribution in [0.4, 0.5) is 13.2 Å². The van der Waals surface area contributed by atoms with Gasteiger partial charge < -0.3 is 10.6 Å². The highest BCUT2D eigenvalue weighted by molar-refractivity contribution is 4.76. The Morgan fingerprint density at radius 3 is 1.57 bits per heavy atom. The van der Waals surface area contributed by atoms with Crippen molar-refractivity contribution in [3.63, 3.8) is 0 Å². The average Bonchev–Trinajstić information content (AvgIpc) is 2.76. The maximum atomic E-state index is 11.7. The molecule has 2 fully saturated rings. The number of unbranched alkanes of at least 4 members (excludes halogenated alkanes) is 1. The molecule has 0 atom stereocenters. The van der Waals surface area contributed by atoms with Gasteiger partial charge in [0.15, 0.2) is 0 Å². The predicted octanol–water partition coefficient (Wildman–Crippen LogP) is 6.88. The quantitative estimate of drug-likeness (QED) is 0.447. The number of nitrogens with one attached hydrogen (secondary N) is 2. The Hall–Kier alpha value is -1.31. The molecule has 4 nitrogen and oxygen atoms in total. The smallest absolute Gasteiger partial charge is 0.313 e. The van der Waals surface area contributed by atoms with Gasteiger partial charge >= 0.3 is 6.18 Å². The van der Waals surface area contributed by atoms with Gasteiger partial charge in [-0.3, -0.25) is 0 Å². The van der Waals surface area contributed by atoms with Gasteiger partial charge in [0.1, 0.15) is 0 Å². The molecule has 0 unspecified atom stereocenters. The first kappa shape index (κ1) is 33.3. The molecule has 0 aliphatic heterocycles. The Bertz CT molecular complexity index is 391. The minimum Gasteiger partial charge on any atom is -0.313 e. The fourth-order valence-corrected chi connectivity index (χ4v) is 3.21. The first-order valence-electron chi connectivity index (χ1n) is 11.1. The zero-order chi connectivity index (χ0) is 22.4. The second kappa shape index (κ2) is 24.0. The largest absolute Gasteiger partial charge is 0.401 e. The van der Waals surface area contributed by atoms with Gasteiger partial charge in [0.25, 0.3) is 0 Å². The molecule has 7 heteroatoms. The van der Waals surface area contributed by atoms with Crippen LogP contribution >= 0.6 is 0 Å². The van der Waals surface area contributed by atoms with Gasteiger partial charge in [-0.05, 0) is 25.7 Å². The highest BCUT2D eigenvalue weighted by Crippen LogP contribution is 2.19. The molecular weight excluding hydrogens is 389 g/mol. The normalized spacial score (nSPS) is 16.7. The van der Waals surface area contributed by atoms with E-state index in [9.17, 15) is 13.2 Å². The zero-order valence-electron chi connectivity index (χ0n) is 18.4. The SMILES string of the molecule is C.C#N.CCCC.FC(F)(F)CNC1CCCCC1.N#CCCNC1CCCCC1. The summed E-state index contributed by atoms with van der Waals surface area (Å²) < 4.78 is 35.2. The molecule has 0 aromatic carbocycles. The Morgan fingerprint density at radius 2 is 1.23 bits per heavy atom. The molecule has 2 N–H and O–H groups in total. The summed E-state index contributed by atoms with van der Waals surface area (Å²) in [5, 5.41) is 20.7. The van der Waals surface area contributed by atoms with Crippen molar-refractivity contribution in [3.05, 3.63) is 0 Å². The third-order valence-corrected chi connectivity index (χ3v) is 4.97. The Kier molecular flexibility index (Phi) is 26.6. The Labute approximate surface area is 183 Å². The first-order chi connectivity index (χ1) is 13.9. The summed E-state index contributed by atoms with van der Waals surface area (Å²) in [6, 6.07) is 2.95. The van der Waals surface area contributed by atoms with Crippen molar-refractivity contribution in [1.29, 1.82) is 10.5 Å². The molecule has 0 radical (unpaired) electrons. The highest BCUT2D eigenvalue weighted by atomic mass is 19.4. The fourth-order valence-electron chi connectivity index (χ4n) is 3.21. The molecule has 2 saturated carbocycles. The topological polar surface area (TPSA) is 71.6 Å². The van der Waals surface area contributed by atoms with Crippen molar-refractivity contribution in [3.8, 4) is 12.6 Å². The molecule has 2 rings (SSSR count). The lowest BCUT2D eigenvalue weighted by atomic mass is 9.95. The van der Waals surface area contributed by atoms with Crippen molar-refractivity contribution >= 4 is 0 Å². The summed E-state index contributed by atoms with van der Waals surface area (Å²) in [7, 11) is 0. The lowest BCUT2D eigenvalue weighted by Crippen LogP contribution is -2.38. The second-order valence-electron chi connectivity index (χ2n) is 7.53. The number of hydrogen-bond acceptors (Lipinski definition) is 4. The van der Waals surface area contributed by atoms with Crippen LogP contribution in [0.2, 0.25) is 0 Å². The molecule has 0 spiro atoms. The van der Waals surface area contributed by atoms with E-state index in [0.717, 1.165) is 32.2 Å². The van der Waals surface area contributed by atoms with Crippen LogP contribution in [0.1, 0.15) is 105 Å². The van der Waals surface area contributed by atoms with E-state index in [-0.39, 0.29) is 13.5 Å².